The van der Waals surface area contributed by atoms with Crippen molar-refractivity contribution in [2.24, 2.45) is 0 Å². The second-order valence-corrected chi connectivity index (χ2v) is 5.53. The van der Waals surface area contributed by atoms with E-state index in [1.165, 1.54) is 22.4 Å². The van der Waals surface area contributed by atoms with Gasteiger partial charge in [-0.05, 0) is 46.9 Å². The number of carbonyl (C=O) groups is 1. The quantitative estimate of drug-likeness (QED) is 0.384. The summed E-state index contributed by atoms with van der Waals surface area (Å²) in [7, 11) is 0. The highest BCUT2D eigenvalue weighted by Gasteiger charge is 2.02. The van der Waals surface area contributed by atoms with Crippen molar-refractivity contribution in [1.29, 1.82) is 0 Å². The second-order valence-electron chi connectivity index (χ2n) is 5.53. The average molecular weight is 317 g/mol. The van der Waals surface area contributed by atoms with Gasteiger partial charge in [-0.1, -0.05) is 48.5 Å². The molecular formula is C21H19NO2. The fourth-order valence-electron chi connectivity index (χ4n) is 2.63. The molecule has 0 radical (unpaired) electrons. The van der Waals surface area contributed by atoms with Gasteiger partial charge in [-0.2, -0.15) is 0 Å². The zero-order valence-electron chi connectivity index (χ0n) is 13.4. The number of hydrogen-bond donors (Lipinski definition) is 0. The van der Waals surface area contributed by atoms with Crippen LogP contribution in [0.3, 0.4) is 0 Å². The fourth-order valence-corrected chi connectivity index (χ4v) is 2.63. The summed E-state index contributed by atoms with van der Waals surface area (Å²) in [6, 6.07) is 18.4. The summed E-state index contributed by atoms with van der Waals surface area (Å²) in [6.45, 7) is 0.416. The predicted octanol–water partition coefficient (Wildman–Crippen LogP) is 4.42. The van der Waals surface area contributed by atoms with Gasteiger partial charge in [0.05, 0.1) is 6.61 Å². The topological polar surface area (TPSA) is 39.2 Å². The number of benzene rings is 2. The van der Waals surface area contributed by atoms with Crippen molar-refractivity contribution in [2.45, 2.75) is 12.8 Å². The van der Waals surface area contributed by atoms with Gasteiger partial charge in [-0.25, -0.2) is 4.79 Å². The third-order valence-electron chi connectivity index (χ3n) is 3.81. The highest BCUT2D eigenvalue weighted by atomic mass is 16.5. The molecule has 0 bridgehead atoms. The van der Waals surface area contributed by atoms with Gasteiger partial charge in [0, 0.05) is 18.5 Å². The molecule has 0 saturated carbocycles. The van der Waals surface area contributed by atoms with Crippen molar-refractivity contribution in [2.75, 3.05) is 6.61 Å². The standard InChI is InChI=1S/C21H19NO2/c23-21(13-12-17-6-4-14-22-16-17)24-15-5-10-19-9-3-8-18-7-1-2-11-20(18)19/h1-4,6-9,11-14,16H,5,10,15H2/b13-12+. The van der Waals surface area contributed by atoms with E-state index in [2.05, 4.69) is 41.4 Å². The van der Waals surface area contributed by atoms with Crippen molar-refractivity contribution < 1.29 is 9.53 Å². The van der Waals surface area contributed by atoms with Crippen LogP contribution in [-0.4, -0.2) is 17.6 Å². The lowest BCUT2D eigenvalue weighted by molar-refractivity contribution is -0.137. The highest BCUT2D eigenvalue weighted by molar-refractivity contribution is 5.87. The maximum Gasteiger partial charge on any atom is 0.330 e. The van der Waals surface area contributed by atoms with E-state index in [0.717, 1.165) is 18.4 Å². The molecule has 120 valence electrons. The van der Waals surface area contributed by atoms with E-state index in [1.54, 1.807) is 18.5 Å². The van der Waals surface area contributed by atoms with Crippen molar-refractivity contribution in [3.8, 4) is 0 Å². The van der Waals surface area contributed by atoms with Crippen LogP contribution in [0.1, 0.15) is 17.5 Å². The number of aromatic nitrogens is 1. The first-order chi connectivity index (χ1) is 11.8. The summed E-state index contributed by atoms with van der Waals surface area (Å²) in [5, 5.41) is 2.51. The van der Waals surface area contributed by atoms with Crippen LogP contribution in [0.25, 0.3) is 16.8 Å². The predicted molar refractivity (Wildman–Crippen MR) is 96.5 cm³/mol. The smallest absolute Gasteiger partial charge is 0.330 e. The third-order valence-corrected chi connectivity index (χ3v) is 3.81. The molecule has 3 nitrogen and oxygen atoms in total. The molecule has 3 aromatic rings. The molecule has 0 unspecified atom stereocenters. The summed E-state index contributed by atoms with van der Waals surface area (Å²) in [6.07, 6.45) is 8.24. The van der Waals surface area contributed by atoms with Crippen molar-refractivity contribution in [3.05, 3.63) is 84.2 Å². The van der Waals surface area contributed by atoms with Crippen LogP contribution in [0.2, 0.25) is 0 Å². The molecule has 3 heteroatoms. The number of rotatable bonds is 6. The monoisotopic (exact) mass is 317 g/mol. The number of ether oxygens (including phenoxy) is 1. The zero-order chi connectivity index (χ0) is 16.6. The van der Waals surface area contributed by atoms with Crippen LogP contribution in [-0.2, 0) is 16.0 Å². The van der Waals surface area contributed by atoms with Crippen LogP contribution in [0.5, 0.6) is 0 Å². The lowest BCUT2D eigenvalue weighted by atomic mass is 10.0. The van der Waals surface area contributed by atoms with Gasteiger partial charge in [-0.3, -0.25) is 4.98 Å². The van der Waals surface area contributed by atoms with E-state index >= 15 is 0 Å². The first-order valence-corrected chi connectivity index (χ1v) is 8.04. The molecule has 1 heterocycles. The van der Waals surface area contributed by atoms with E-state index in [-0.39, 0.29) is 5.97 Å². The van der Waals surface area contributed by atoms with E-state index < -0.39 is 0 Å². The summed E-state index contributed by atoms with van der Waals surface area (Å²) < 4.78 is 5.25. The molecular weight excluding hydrogens is 298 g/mol. The molecule has 0 saturated heterocycles. The van der Waals surface area contributed by atoms with Crippen LogP contribution >= 0.6 is 0 Å². The first kappa shape index (κ1) is 15.9. The average Bonchev–Trinajstić information content (AvgIpc) is 2.64. The Morgan fingerprint density at radius 1 is 1.04 bits per heavy atom. The highest BCUT2D eigenvalue weighted by Crippen LogP contribution is 2.19. The van der Waals surface area contributed by atoms with Gasteiger partial charge < -0.3 is 4.74 Å². The Kier molecular flexibility index (Phi) is 5.36. The Hall–Kier alpha value is -2.94. The van der Waals surface area contributed by atoms with Gasteiger partial charge in [0.2, 0.25) is 0 Å². The molecule has 0 fully saturated rings. The van der Waals surface area contributed by atoms with Crippen molar-refractivity contribution >= 4 is 22.8 Å². The molecule has 0 aliphatic heterocycles. The molecule has 0 spiro atoms. The minimum Gasteiger partial charge on any atom is -0.463 e. The molecule has 1 aromatic heterocycles. The normalized spacial score (nSPS) is 11.0. The van der Waals surface area contributed by atoms with Crippen molar-refractivity contribution in [3.63, 3.8) is 0 Å². The van der Waals surface area contributed by atoms with Crippen LogP contribution in [0.4, 0.5) is 0 Å². The van der Waals surface area contributed by atoms with E-state index in [1.807, 2.05) is 18.2 Å². The summed E-state index contributed by atoms with van der Waals surface area (Å²) in [5.74, 6) is -0.322. The van der Waals surface area contributed by atoms with Crippen LogP contribution < -0.4 is 0 Å². The Morgan fingerprint density at radius 3 is 2.79 bits per heavy atom. The molecule has 0 N–H and O–H groups in total. The Morgan fingerprint density at radius 2 is 1.92 bits per heavy atom. The minimum atomic E-state index is -0.322. The third kappa shape index (κ3) is 4.29. The molecule has 0 atom stereocenters. The van der Waals surface area contributed by atoms with Gasteiger partial charge in [0.1, 0.15) is 0 Å². The van der Waals surface area contributed by atoms with Gasteiger partial charge in [0.25, 0.3) is 0 Å². The number of carbonyl (C=O) groups excluding carboxylic acids is 1. The lowest BCUT2D eigenvalue weighted by Crippen LogP contribution is -2.03. The number of nitrogens with zero attached hydrogens (tertiary/aromatic N) is 1. The number of aryl methyl sites for hydroxylation is 1. The zero-order valence-corrected chi connectivity index (χ0v) is 13.4. The Bertz CT molecular complexity index is 835. The van der Waals surface area contributed by atoms with E-state index in [4.69, 9.17) is 4.74 Å². The minimum absolute atomic E-state index is 0.322. The summed E-state index contributed by atoms with van der Waals surface area (Å²) in [4.78, 5) is 15.7. The fraction of sp³-hybridized carbons (Fsp3) is 0.143. The maximum absolute atomic E-state index is 11.7. The second kappa shape index (κ2) is 8.06. The SMILES string of the molecule is O=C(/C=C/c1cccnc1)OCCCc1cccc2ccccc12. The molecule has 0 aliphatic carbocycles. The number of hydrogen-bond acceptors (Lipinski definition) is 3. The van der Waals surface area contributed by atoms with Gasteiger partial charge >= 0.3 is 5.97 Å². The first-order valence-electron chi connectivity index (χ1n) is 8.04. The Labute approximate surface area is 141 Å². The van der Waals surface area contributed by atoms with Crippen LogP contribution in [0.15, 0.2) is 73.1 Å². The number of fused-ring (bicyclic) bond motifs is 1. The van der Waals surface area contributed by atoms with Gasteiger partial charge in [0.15, 0.2) is 0 Å². The molecule has 0 amide bonds. The van der Waals surface area contributed by atoms with Crippen LogP contribution in [0, 0.1) is 0 Å². The van der Waals surface area contributed by atoms with E-state index in [0.29, 0.717) is 6.61 Å². The van der Waals surface area contributed by atoms with Gasteiger partial charge in [-0.15, -0.1) is 0 Å². The molecule has 24 heavy (non-hydrogen) atoms. The molecule has 3 rings (SSSR count). The lowest BCUT2D eigenvalue weighted by Gasteiger charge is -2.06. The number of esters is 1. The largest absolute Gasteiger partial charge is 0.463 e. The molecule has 0 aliphatic rings. The molecule has 2 aromatic carbocycles. The maximum atomic E-state index is 11.7. The summed E-state index contributed by atoms with van der Waals surface area (Å²) in [5.41, 5.74) is 2.17. The summed E-state index contributed by atoms with van der Waals surface area (Å²) >= 11 is 0. The van der Waals surface area contributed by atoms with Crippen molar-refractivity contribution in [1.82, 2.24) is 4.98 Å². The van der Waals surface area contributed by atoms with E-state index in [9.17, 15) is 4.79 Å². The Balaban J connectivity index is 1.48. The number of pyridine rings is 1.